The summed E-state index contributed by atoms with van der Waals surface area (Å²) in [5, 5.41) is 13.2. The summed E-state index contributed by atoms with van der Waals surface area (Å²) in [6, 6.07) is 2.70. The average molecular weight is 219 g/mol. The van der Waals surface area contributed by atoms with Gasteiger partial charge in [0.1, 0.15) is 6.07 Å². The van der Waals surface area contributed by atoms with E-state index in [1.54, 1.807) is 0 Å². The molecule has 0 N–H and O–H groups in total. The van der Waals surface area contributed by atoms with E-state index >= 15 is 0 Å². The molecule has 0 spiro atoms. The maximum Gasteiger partial charge on any atom is 0.103 e. The highest BCUT2D eigenvalue weighted by Gasteiger charge is 2.17. The smallest absolute Gasteiger partial charge is 0.103 e. The Balaban J connectivity index is 0.000000606. The van der Waals surface area contributed by atoms with E-state index in [1.807, 2.05) is 31.6 Å². The molecule has 0 atom stereocenters. The normalized spacial score (nSPS) is 16.1. The second-order valence-corrected chi connectivity index (χ2v) is 4.01. The van der Waals surface area contributed by atoms with Crippen LogP contribution >= 0.6 is 0 Å². The molecule has 3 heteroatoms. The minimum atomic E-state index is 0.532. The van der Waals surface area contributed by atoms with Gasteiger partial charge < -0.3 is 0 Å². The number of hydrogen-bond acceptors (Lipinski definition) is 2. The number of aromatic nitrogens is 2. The highest BCUT2D eigenvalue weighted by molar-refractivity contribution is 5.29. The van der Waals surface area contributed by atoms with Crippen molar-refractivity contribution in [3.8, 4) is 6.07 Å². The summed E-state index contributed by atoms with van der Waals surface area (Å²) in [4.78, 5) is 0. The Morgan fingerprint density at radius 3 is 2.44 bits per heavy atom. The van der Waals surface area contributed by atoms with Crippen LogP contribution in [0.2, 0.25) is 0 Å². The van der Waals surface area contributed by atoms with Crippen molar-refractivity contribution in [3.05, 3.63) is 17.5 Å². The third-order valence-electron chi connectivity index (χ3n) is 2.99. The molecular formula is C13H21N3. The number of nitriles is 1. The molecule has 0 unspecified atom stereocenters. The van der Waals surface area contributed by atoms with Crippen molar-refractivity contribution in [1.82, 2.24) is 9.78 Å². The van der Waals surface area contributed by atoms with Gasteiger partial charge in [-0.2, -0.15) is 10.4 Å². The lowest BCUT2D eigenvalue weighted by Crippen LogP contribution is -2.13. The molecule has 0 aromatic carbocycles. The molecule has 1 saturated carbocycles. The predicted molar refractivity (Wildman–Crippen MR) is 65.1 cm³/mol. The number of nitrogens with zero attached hydrogens (tertiary/aromatic N) is 3. The number of aryl methyl sites for hydroxylation is 1. The fourth-order valence-electron chi connectivity index (χ4n) is 2.12. The Bertz CT molecular complexity index is 354. The van der Waals surface area contributed by atoms with Crippen molar-refractivity contribution >= 4 is 0 Å². The van der Waals surface area contributed by atoms with Gasteiger partial charge in [-0.25, -0.2) is 0 Å². The molecule has 0 radical (unpaired) electrons. The molecule has 1 aromatic heterocycles. The molecule has 1 aliphatic rings. The third kappa shape index (κ3) is 2.85. The lowest BCUT2D eigenvalue weighted by atomic mass is 9.96. The summed E-state index contributed by atoms with van der Waals surface area (Å²) >= 11 is 0. The Kier molecular flexibility index (Phi) is 5.04. The van der Waals surface area contributed by atoms with Crippen molar-refractivity contribution in [3.63, 3.8) is 0 Å². The van der Waals surface area contributed by atoms with Crippen LogP contribution in [0, 0.1) is 18.3 Å². The van der Waals surface area contributed by atoms with Gasteiger partial charge in [-0.05, 0) is 19.8 Å². The zero-order chi connectivity index (χ0) is 12.0. The first-order valence-electron chi connectivity index (χ1n) is 6.27. The van der Waals surface area contributed by atoms with Crippen LogP contribution in [-0.2, 0) is 0 Å². The summed E-state index contributed by atoms with van der Waals surface area (Å²) in [6.45, 7) is 5.90. The van der Waals surface area contributed by atoms with Gasteiger partial charge in [0.15, 0.2) is 0 Å². The van der Waals surface area contributed by atoms with Gasteiger partial charge in [-0.15, -0.1) is 0 Å². The number of rotatable bonds is 1. The largest absolute Gasteiger partial charge is 0.268 e. The zero-order valence-corrected chi connectivity index (χ0v) is 10.5. The molecule has 0 aliphatic heterocycles. The summed E-state index contributed by atoms with van der Waals surface area (Å²) < 4.78 is 1.99. The van der Waals surface area contributed by atoms with Crippen LogP contribution in [0.3, 0.4) is 0 Å². The van der Waals surface area contributed by atoms with Gasteiger partial charge >= 0.3 is 0 Å². The summed E-state index contributed by atoms with van der Waals surface area (Å²) in [5.41, 5.74) is 1.58. The van der Waals surface area contributed by atoms with E-state index in [9.17, 15) is 0 Å². The second-order valence-electron chi connectivity index (χ2n) is 4.01. The third-order valence-corrected chi connectivity index (χ3v) is 2.99. The minimum Gasteiger partial charge on any atom is -0.268 e. The molecule has 1 fully saturated rings. The fraction of sp³-hybridized carbons (Fsp3) is 0.692. The van der Waals surface area contributed by atoms with Gasteiger partial charge in [0, 0.05) is 6.20 Å². The number of hydrogen-bond donors (Lipinski definition) is 0. The van der Waals surface area contributed by atoms with Crippen molar-refractivity contribution in [2.75, 3.05) is 0 Å². The van der Waals surface area contributed by atoms with Crippen LogP contribution in [0.1, 0.15) is 63.3 Å². The van der Waals surface area contributed by atoms with Crippen molar-refractivity contribution in [2.45, 2.75) is 58.9 Å². The van der Waals surface area contributed by atoms with Crippen LogP contribution in [-0.4, -0.2) is 9.78 Å². The monoisotopic (exact) mass is 219 g/mol. The van der Waals surface area contributed by atoms with E-state index in [0.29, 0.717) is 6.04 Å². The molecule has 3 nitrogen and oxygen atoms in total. The van der Waals surface area contributed by atoms with E-state index in [-0.39, 0.29) is 0 Å². The van der Waals surface area contributed by atoms with Gasteiger partial charge in [-0.1, -0.05) is 33.1 Å². The van der Waals surface area contributed by atoms with Crippen LogP contribution < -0.4 is 0 Å². The van der Waals surface area contributed by atoms with E-state index in [2.05, 4.69) is 11.2 Å². The van der Waals surface area contributed by atoms with Crippen LogP contribution in [0.25, 0.3) is 0 Å². The Morgan fingerprint density at radius 2 is 1.94 bits per heavy atom. The predicted octanol–water partition coefficient (Wildman–Crippen LogP) is 3.59. The van der Waals surface area contributed by atoms with Gasteiger partial charge in [-0.3, -0.25) is 4.68 Å². The van der Waals surface area contributed by atoms with Crippen molar-refractivity contribution < 1.29 is 0 Å². The highest BCUT2D eigenvalue weighted by atomic mass is 15.3. The maximum atomic E-state index is 8.83. The fourth-order valence-corrected chi connectivity index (χ4v) is 2.12. The van der Waals surface area contributed by atoms with Crippen molar-refractivity contribution in [1.29, 1.82) is 5.26 Å². The highest BCUT2D eigenvalue weighted by Crippen LogP contribution is 2.27. The summed E-state index contributed by atoms with van der Waals surface area (Å²) in [6.07, 6.45) is 8.27. The van der Waals surface area contributed by atoms with Crippen LogP contribution in [0.15, 0.2) is 6.20 Å². The molecule has 2 rings (SSSR count). The molecular weight excluding hydrogens is 198 g/mol. The van der Waals surface area contributed by atoms with Gasteiger partial charge in [0.05, 0.1) is 17.3 Å². The second kappa shape index (κ2) is 6.32. The van der Waals surface area contributed by atoms with E-state index in [1.165, 1.54) is 32.1 Å². The zero-order valence-electron chi connectivity index (χ0n) is 10.5. The van der Waals surface area contributed by atoms with Crippen LogP contribution in [0.5, 0.6) is 0 Å². The van der Waals surface area contributed by atoms with Gasteiger partial charge in [0.2, 0.25) is 0 Å². The Labute approximate surface area is 98.1 Å². The molecule has 1 aliphatic carbocycles. The molecule has 0 bridgehead atoms. The topological polar surface area (TPSA) is 41.6 Å². The van der Waals surface area contributed by atoms with E-state index in [0.717, 1.165) is 11.3 Å². The SMILES string of the molecule is CC.Cc1nn(C2CCCCC2)cc1C#N. The van der Waals surface area contributed by atoms with E-state index in [4.69, 9.17) is 5.26 Å². The maximum absolute atomic E-state index is 8.83. The summed E-state index contributed by atoms with van der Waals surface area (Å²) in [5.74, 6) is 0. The average Bonchev–Trinajstić information content (AvgIpc) is 2.74. The van der Waals surface area contributed by atoms with E-state index < -0.39 is 0 Å². The quantitative estimate of drug-likeness (QED) is 0.724. The first-order chi connectivity index (χ1) is 7.81. The molecule has 1 aromatic rings. The molecule has 16 heavy (non-hydrogen) atoms. The van der Waals surface area contributed by atoms with Gasteiger partial charge in [0.25, 0.3) is 0 Å². The minimum absolute atomic E-state index is 0.532. The molecule has 88 valence electrons. The first kappa shape index (κ1) is 12.8. The summed E-state index contributed by atoms with van der Waals surface area (Å²) in [7, 11) is 0. The van der Waals surface area contributed by atoms with Crippen LogP contribution in [0.4, 0.5) is 0 Å². The molecule has 0 amide bonds. The molecule has 0 saturated heterocycles. The standard InChI is InChI=1S/C11H15N3.C2H6/c1-9-10(7-12)8-14(13-9)11-5-3-2-4-6-11;1-2/h8,11H,2-6H2,1H3;1-2H3. The first-order valence-corrected chi connectivity index (χ1v) is 6.27. The van der Waals surface area contributed by atoms with Crippen molar-refractivity contribution in [2.24, 2.45) is 0 Å². The lowest BCUT2D eigenvalue weighted by Gasteiger charge is -2.21. The molecule has 1 heterocycles. The lowest BCUT2D eigenvalue weighted by molar-refractivity contribution is 0.328. The Morgan fingerprint density at radius 1 is 1.31 bits per heavy atom. The Hall–Kier alpha value is -1.30.